The number of hydrogen-bond donors (Lipinski definition) is 3. The van der Waals surface area contributed by atoms with Crippen molar-refractivity contribution in [1.82, 2.24) is 4.98 Å². The number of esters is 1. The summed E-state index contributed by atoms with van der Waals surface area (Å²) in [6.45, 7) is 2.06. The summed E-state index contributed by atoms with van der Waals surface area (Å²) in [5, 5.41) is 7.27. The number of aromatic amines is 1. The Hall–Kier alpha value is -3.77. The first kappa shape index (κ1) is 20.5. The quantitative estimate of drug-likeness (QED) is 0.322. The summed E-state index contributed by atoms with van der Waals surface area (Å²) in [7, 11) is 0. The number of rotatable bonds is 5. The molecule has 0 saturated heterocycles. The molecule has 3 aromatic carbocycles. The van der Waals surface area contributed by atoms with Crippen LogP contribution in [0.4, 0.5) is 16.2 Å². The van der Waals surface area contributed by atoms with Crippen molar-refractivity contribution in [3.8, 4) is 11.3 Å². The van der Waals surface area contributed by atoms with Crippen molar-refractivity contribution in [3.05, 3.63) is 83.4 Å². The summed E-state index contributed by atoms with van der Waals surface area (Å²) in [6.07, 6.45) is 0. The lowest BCUT2D eigenvalue weighted by Gasteiger charge is -2.10. The summed E-state index contributed by atoms with van der Waals surface area (Å²) in [5.41, 5.74) is 4.23. The highest BCUT2D eigenvalue weighted by molar-refractivity contribution is 6.30. The third-order valence-electron chi connectivity index (χ3n) is 4.73. The molecule has 2 amide bonds. The molecule has 156 valence electrons. The number of carbonyl (C=O) groups is 2. The second-order valence-electron chi connectivity index (χ2n) is 6.80. The molecule has 4 rings (SSSR count). The highest BCUT2D eigenvalue weighted by Gasteiger charge is 2.16. The van der Waals surface area contributed by atoms with E-state index in [-0.39, 0.29) is 0 Å². The largest absolute Gasteiger partial charge is 0.462 e. The Morgan fingerprint density at radius 3 is 2.35 bits per heavy atom. The number of urea groups is 1. The SMILES string of the molecule is CCOC(=O)c1ccc(NC(=O)Nc2c(-c3ccc(Cl)cc3)[nH]c3ccccc23)cc1. The van der Waals surface area contributed by atoms with E-state index in [1.54, 1.807) is 43.3 Å². The number of para-hydroxylation sites is 1. The van der Waals surface area contributed by atoms with Crippen molar-refractivity contribution in [2.45, 2.75) is 6.92 Å². The Morgan fingerprint density at radius 2 is 1.65 bits per heavy atom. The van der Waals surface area contributed by atoms with E-state index in [2.05, 4.69) is 15.6 Å². The van der Waals surface area contributed by atoms with E-state index in [9.17, 15) is 9.59 Å². The smallest absolute Gasteiger partial charge is 0.338 e. The Labute approximate surface area is 184 Å². The molecule has 6 nitrogen and oxygen atoms in total. The summed E-state index contributed by atoms with van der Waals surface area (Å²) in [5.74, 6) is -0.398. The molecular formula is C24H20ClN3O3. The topological polar surface area (TPSA) is 83.2 Å². The lowest BCUT2D eigenvalue weighted by molar-refractivity contribution is 0.0526. The molecule has 3 N–H and O–H groups in total. The van der Waals surface area contributed by atoms with E-state index in [1.807, 2.05) is 36.4 Å². The van der Waals surface area contributed by atoms with Gasteiger partial charge in [0.1, 0.15) is 0 Å². The molecule has 0 aliphatic heterocycles. The number of halogens is 1. The van der Waals surface area contributed by atoms with E-state index in [0.717, 1.165) is 22.2 Å². The normalized spacial score (nSPS) is 10.6. The van der Waals surface area contributed by atoms with E-state index in [1.165, 1.54) is 0 Å². The first-order valence-corrected chi connectivity index (χ1v) is 10.1. The number of H-pyrrole nitrogens is 1. The molecule has 0 bridgehead atoms. The highest BCUT2D eigenvalue weighted by Crippen LogP contribution is 2.35. The van der Waals surface area contributed by atoms with Crippen LogP contribution in [-0.2, 0) is 4.74 Å². The molecule has 0 aliphatic carbocycles. The van der Waals surface area contributed by atoms with Crippen LogP contribution in [0.3, 0.4) is 0 Å². The zero-order valence-corrected chi connectivity index (χ0v) is 17.5. The van der Waals surface area contributed by atoms with Gasteiger partial charge in [-0.1, -0.05) is 41.9 Å². The average Bonchev–Trinajstić information content (AvgIpc) is 3.13. The van der Waals surface area contributed by atoms with Gasteiger partial charge in [0.15, 0.2) is 0 Å². The number of ether oxygens (including phenoxy) is 1. The molecule has 1 aromatic heterocycles. The Balaban J connectivity index is 1.58. The maximum atomic E-state index is 12.7. The van der Waals surface area contributed by atoms with Gasteiger partial charge in [-0.15, -0.1) is 0 Å². The van der Waals surface area contributed by atoms with Crippen LogP contribution in [0.2, 0.25) is 5.02 Å². The number of nitrogens with one attached hydrogen (secondary N) is 3. The van der Waals surface area contributed by atoms with E-state index in [0.29, 0.717) is 28.6 Å². The van der Waals surface area contributed by atoms with Gasteiger partial charge in [0.2, 0.25) is 0 Å². The average molecular weight is 434 g/mol. The summed E-state index contributed by atoms with van der Waals surface area (Å²) in [6, 6.07) is 21.3. The van der Waals surface area contributed by atoms with Gasteiger partial charge < -0.3 is 20.4 Å². The van der Waals surface area contributed by atoms with Crippen LogP contribution in [0, 0.1) is 0 Å². The predicted molar refractivity (Wildman–Crippen MR) is 124 cm³/mol. The van der Waals surface area contributed by atoms with Crippen LogP contribution in [0.5, 0.6) is 0 Å². The fraction of sp³-hybridized carbons (Fsp3) is 0.0833. The van der Waals surface area contributed by atoms with Crippen LogP contribution in [0.1, 0.15) is 17.3 Å². The maximum Gasteiger partial charge on any atom is 0.338 e. The minimum atomic E-state index is -0.399. The highest BCUT2D eigenvalue weighted by atomic mass is 35.5. The number of fused-ring (bicyclic) bond motifs is 1. The number of hydrogen-bond acceptors (Lipinski definition) is 3. The maximum absolute atomic E-state index is 12.7. The monoisotopic (exact) mass is 433 g/mol. The van der Waals surface area contributed by atoms with Crippen molar-refractivity contribution >= 4 is 45.9 Å². The summed E-state index contributed by atoms with van der Waals surface area (Å²) >= 11 is 6.02. The second kappa shape index (κ2) is 8.93. The first-order valence-electron chi connectivity index (χ1n) is 9.77. The van der Waals surface area contributed by atoms with Crippen molar-refractivity contribution in [2.75, 3.05) is 17.2 Å². The lowest BCUT2D eigenvalue weighted by atomic mass is 10.1. The van der Waals surface area contributed by atoms with E-state index < -0.39 is 12.0 Å². The van der Waals surface area contributed by atoms with Gasteiger partial charge in [-0.2, -0.15) is 0 Å². The molecule has 1 heterocycles. The summed E-state index contributed by atoms with van der Waals surface area (Å²) < 4.78 is 4.97. The minimum absolute atomic E-state index is 0.307. The van der Waals surface area contributed by atoms with Gasteiger partial charge in [0, 0.05) is 27.2 Å². The van der Waals surface area contributed by atoms with Gasteiger partial charge in [0.25, 0.3) is 0 Å². The molecule has 4 aromatic rings. The van der Waals surface area contributed by atoms with Gasteiger partial charge in [-0.25, -0.2) is 9.59 Å². The van der Waals surface area contributed by atoms with Crippen LogP contribution in [0.15, 0.2) is 72.8 Å². The van der Waals surface area contributed by atoms with Gasteiger partial charge >= 0.3 is 12.0 Å². The number of anilines is 2. The van der Waals surface area contributed by atoms with Crippen molar-refractivity contribution < 1.29 is 14.3 Å². The van der Waals surface area contributed by atoms with Gasteiger partial charge in [-0.3, -0.25) is 0 Å². The number of benzene rings is 3. The standard InChI is InChI=1S/C24H20ClN3O3/c1-2-31-23(29)16-9-13-18(14-10-16)26-24(30)28-22-19-5-3-4-6-20(19)27-21(22)15-7-11-17(25)12-8-15/h3-14,27H,2H2,1H3,(H2,26,28,30). The zero-order chi connectivity index (χ0) is 21.8. The Kier molecular flexibility index (Phi) is 5.91. The van der Waals surface area contributed by atoms with E-state index >= 15 is 0 Å². The Bertz CT molecular complexity index is 1230. The molecule has 0 radical (unpaired) electrons. The van der Waals surface area contributed by atoms with Crippen LogP contribution < -0.4 is 10.6 Å². The first-order chi connectivity index (χ1) is 15.0. The van der Waals surface area contributed by atoms with Crippen molar-refractivity contribution in [2.24, 2.45) is 0 Å². The van der Waals surface area contributed by atoms with E-state index in [4.69, 9.17) is 16.3 Å². The third kappa shape index (κ3) is 4.54. The van der Waals surface area contributed by atoms with Crippen molar-refractivity contribution in [3.63, 3.8) is 0 Å². The molecular weight excluding hydrogens is 414 g/mol. The second-order valence-corrected chi connectivity index (χ2v) is 7.24. The molecule has 0 atom stereocenters. The number of carbonyl (C=O) groups excluding carboxylic acids is 2. The zero-order valence-electron chi connectivity index (χ0n) is 16.7. The summed E-state index contributed by atoms with van der Waals surface area (Å²) in [4.78, 5) is 27.9. The van der Waals surface area contributed by atoms with Gasteiger partial charge in [0.05, 0.1) is 23.6 Å². The third-order valence-corrected chi connectivity index (χ3v) is 4.98. The molecule has 0 saturated carbocycles. The molecule has 0 unspecified atom stereocenters. The number of amides is 2. The van der Waals surface area contributed by atoms with Crippen LogP contribution in [0.25, 0.3) is 22.2 Å². The van der Waals surface area contributed by atoms with Crippen molar-refractivity contribution in [1.29, 1.82) is 0 Å². The molecule has 0 fully saturated rings. The molecule has 0 spiro atoms. The van der Waals surface area contributed by atoms with Gasteiger partial charge in [-0.05, 0) is 49.4 Å². The molecule has 0 aliphatic rings. The number of aromatic nitrogens is 1. The van der Waals surface area contributed by atoms with Crippen LogP contribution >= 0.6 is 11.6 Å². The lowest BCUT2D eigenvalue weighted by Crippen LogP contribution is -2.19. The molecule has 31 heavy (non-hydrogen) atoms. The predicted octanol–water partition coefficient (Wildman–Crippen LogP) is 6.31. The Morgan fingerprint density at radius 1 is 0.935 bits per heavy atom. The molecule has 7 heteroatoms. The fourth-order valence-electron chi connectivity index (χ4n) is 3.28. The fourth-order valence-corrected chi connectivity index (χ4v) is 3.41. The van der Waals surface area contributed by atoms with Crippen LogP contribution in [-0.4, -0.2) is 23.6 Å². The minimum Gasteiger partial charge on any atom is -0.462 e.